The van der Waals surface area contributed by atoms with Gasteiger partial charge in [0.2, 0.25) is 5.91 Å². The van der Waals surface area contributed by atoms with Gasteiger partial charge in [-0.05, 0) is 50.7 Å². The van der Waals surface area contributed by atoms with Crippen LogP contribution in [0.5, 0.6) is 0 Å². The van der Waals surface area contributed by atoms with Crippen molar-refractivity contribution in [2.24, 2.45) is 5.92 Å². The fourth-order valence-electron chi connectivity index (χ4n) is 3.43. The summed E-state index contributed by atoms with van der Waals surface area (Å²) in [5.41, 5.74) is 2.24. The molecule has 2 aromatic heterocycles. The van der Waals surface area contributed by atoms with Crippen LogP contribution in [-0.4, -0.2) is 28.5 Å². The summed E-state index contributed by atoms with van der Waals surface area (Å²) in [6, 6.07) is 1.75. The summed E-state index contributed by atoms with van der Waals surface area (Å²) in [5.74, 6) is -0.268. The van der Waals surface area contributed by atoms with E-state index in [2.05, 4.69) is 17.2 Å². The summed E-state index contributed by atoms with van der Waals surface area (Å²) in [7, 11) is 1.34. The fourth-order valence-corrected chi connectivity index (χ4v) is 4.85. The van der Waals surface area contributed by atoms with Crippen molar-refractivity contribution >= 4 is 28.2 Å². The van der Waals surface area contributed by atoms with Gasteiger partial charge in [0.1, 0.15) is 11.5 Å². The third-order valence-corrected chi connectivity index (χ3v) is 5.97. The highest BCUT2D eigenvalue weighted by Crippen LogP contribution is 2.40. The molecule has 2 heterocycles. The molecule has 0 aliphatic heterocycles. The molecule has 1 amide bonds. The number of fused-ring (bicyclic) bond motifs is 1. The second-order valence-electron chi connectivity index (χ2n) is 7.00. The zero-order valence-electron chi connectivity index (χ0n) is 15.9. The van der Waals surface area contributed by atoms with E-state index < -0.39 is 11.7 Å². The van der Waals surface area contributed by atoms with E-state index in [0.717, 1.165) is 29.7 Å². The first-order chi connectivity index (χ1) is 12.8. The van der Waals surface area contributed by atoms with E-state index in [1.54, 1.807) is 19.9 Å². The minimum absolute atomic E-state index is 0.155. The molecule has 1 aliphatic rings. The molecule has 0 aromatic carbocycles. The van der Waals surface area contributed by atoms with Gasteiger partial charge in [-0.25, -0.2) is 9.59 Å². The predicted molar refractivity (Wildman–Crippen MR) is 103 cm³/mol. The van der Waals surface area contributed by atoms with Crippen LogP contribution in [0.3, 0.4) is 0 Å². The van der Waals surface area contributed by atoms with Gasteiger partial charge in [-0.3, -0.25) is 9.36 Å². The van der Waals surface area contributed by atoms with Crippen molar-refractivity contribution in [3.05, 3.63) is 43.9 Å². The van der Waals surface area contributed by atoms with Crippen LogP contribution >= 0.6 is 11.3 Å². The molecule has 1 aliphatic carbocycles. The van der Waals surface area contributed by atoms with E-state index >= 15 is 0 Å². The van der Waals surface area contributed by atoms with Gasteiger partial charge in [-0.2, -0.15) is 4.98 Å². The number of ether oxygens (including phenoxy) is 1. The van der Waals surface area contributed by atoms with Crippen molar-refractivity contribution < 1.29 is 14.3 Å². The lowest BCUT2D eigenvalue weighted by atomic mass is 9.88. The van der Waals surface area contributed by atoms with Crippen LogP contribution in [0, 0.1) is 19.8 Å². The zero-order valence-corrected chi connectivity index (χ0v) is 16.7. The van der Waals surface area contributed by atoms with Crippen molar-refractivity contribution in [2.45, 2.75) is 46.6 Å². The Morgan fingerprint density at radius 2 is 2.15 bits per heavy atom. The van der Waals surface area contributed by atoms with Crippen LogP contribution < -0.4 is 11.0 Å². The predicted octanol–water partition coefficient (Wildman–Crippen LogP) is 2.47. The molecular weight excluding hydrogens is 366 g/mol. The number of methoxy groups -OCH3 is 1. The largest absolute Gasteiger partial charge is 0.465 e. The molecule has 7 nitrogen and oxygen atoms in total. The first kappa shape index (κ1) is 19.3. The van der Waals surface area contributed by atoms with Crippen LogP contribution in [-0.2, 0) is 28.9 Å². The lowest BCUT2D eigenvalue weighted by Gasteiger charge is -2.18. The Hall–Kier alpha value is -2.48. The molecule has 1 atom stereocenters. The standard InChI is InChI=1S/C19H23N3O4S/c1-10-5-6-13-14(7-10)27-17(16(13)18(24)26-4)21-15(23)9-22-12(3)8-11(2)20-19(22)25/h8,10H,5-7,9H2,1-4H3,(H,21,23)/t10-/m1/s1. The number of anilines is 1. The smallest absolute Gasteiger partial charge is 0.348 e. The van der Waals surface area contributed by atoms with Crippen molar-refractivity contribution in [1.82, 2.24) is 9.55 Å². The highest BCUT2D eigenvalue weighted by atomic mass is 32.1. The Balaban J connectivity index is 1.88. The first-order valence-electron chi connectivity index (χ1n) is 8.88. The van der Waals surface area contributed by atoms with Gasteiger partial charge < -0.3 is 10.1 Å². The van der Waals surface area contributed by atoms with Crippen LogP contribution in [0.25, 0.3) is 0 Å². The molecule has 144 valence electrons. The van der Waals surface area contributed by atoms with Crippen molar-refractivity contribution in [1.29, 1.82) is 0 Å². The molecule has 3 rings (SSSR count). The molecule has 0 saturated carbocycles. The van der Waals surface area contributed by atoms with Crippen molar-refractivity contribution in [3.63, 3.8) is 0 Å². The van der Waals surface area contributed by atoms with E-state index in [-0.39, 0.29) is 12.5 Å². The van der Waals surface area contributed by atoms with Gasteiger partial charge in [0.05, 0.1) is 12.7 Å². The monoisotopic (exact) mass is 389 g/mol. The van der Waals surface area contributed by atoms with Crippen LogP contribution in [0.15, 0.2) is 10.9 Å². The van der Waals surface area contributed by atoms with Gasteiger partial charge in [0.25, 0.3) is 0 Å². The van der Waals surface area contributed by atoms with Gasteiger partial charge >= 0.3 is 11.7 Å². The SMILES string of the molecule is COC(=O)c1c(NC(=O)Cn2c(C)cc(C)nc2=O)sc2c1CC[C@@H](C)C2. The Bertz CT molecular complexity index is 961. The Kier molecular flexibility index (Phi) is 5.46. The molecule has 1 N–H and O–H groups in total. The number of rotatable bonds is 4. The number of carbonyl (C=O) groups is 2. The number of nitrogens with one attached hydrogen (secondary N) is 1. The summed E-state index contributed by atoms with van der Waals surface area (Å²) in [6.07, 6.45) is 2.69. The Morgan fingerprint density at radius 3 is 2.81 bits per heavy atom. The topological polar surface area (TPSA) is 90.3 Å². The molecule has 27 heavy (non-hydrogen) atoms. The number of thiophene rings is 1. The number of aromatic nitrogens is 2. The minimum atomic E-state index is -0.463. The maximum absolute atomic E-state index is 12.6. The van der Waals surface area contributed by atoms with Gasteiger partial charge in [0.15, 0.2) is 0 Å². The van der Waals surface area contributed by atoms with E-state index in [1.807, 2.05) is 0 Å². The fraction of sp³-hybridized carbons (Fsp3) is 0.474. The number of nitrogens with zero attached hydrogens (tertiary/aromatic N) is 2. The highest BCUT2D eigenvalue weighted by Gasteiger charge is 2.29. The van der Waals surface area contributed by atoms with Crippen molar-refractivity contribution in [3.8, 4) is 0 Å². The summed E-state index contributed by atoms with van der Waals surface area (Å²) in [6.45, 7) is 5.52. The first-order valence-corrected chi connectivity index (χ1v) is 9.69. The number of aryl methyl sites for hydroxylation is 2. The highest BCUT2D eigenvalue weighted by molar-refractivity contribution is 7.17. The maximum Gasteiger partial charge on any atom is 0.348 e. The van der Waals surface area contributed by atoms with Crippen molar-refractivity contribution in [2.75, 3.05) is 12.4 Å². The summed E-state index contributed by atoms with van der Waals surface area (Å²) >= 11 is 1.42. The van der Waals surface area contributed by atoms with E-state index in [9.17, 15) is 14.4 Å². The number of carbonyl (C=O) groups excluding carboxylic acids is 2. The number of hydrogen-bond acceptors (Lipinski definition) is 6. The second kappa shape index (κ2) is 7.64. The normalized spacial score (nSPS) is 15.9. The molecule has 0 spiro atoms. The van der Waals surface area contributed by atoms with E-state index in [1.165, 1.54) is 23.0 Å². The quantitative estimate of drug-likeness (QED) is 0.812. The number of amides is 1. The van der Waals surface area contributed by atoms with Crippen LogP contribution in [0.1, 0.15) is 45.5 Å². The average molecular weight is 389 g/mol. The molecule has 8 heteroatoms. The number of esters is 1. The lowest BCUT2D eigenvalue weighted by molar-refractivity contribution is -0.116. The molecule has 2 aromatic rings. The summed E-state index contributed by atoms with van der Waals surface area (Å²) in [5, 5.41) is 3.30. The molecule has 0 fully saturated rings. The summed E-state index contributed by atoms with van der Waals surface area (Å²) < 4.78 is 6.25. The van der Waals surface area contributed by atoms with E-state index in [4.69, 9.17) is 4.74 Å². The molecule has 0 unspecified atom stereocenters. The lowest BCUT2D eigenvalue weighted by Crippen LogP contribution is -2.31. The zero-order chi connectivity index (χ0) is 19.7. The average Bonchev–Trinajstić information content (AvgIpc) is 2.94. The second-order valence-corrected chi connectivity index (χ2v) is 8.11. The number of hydrogen-bond donors (Lipinski definition) is 1. The Morgan fingerprint density at radius 1 is 1.41 bits per heavy atom. The third kappa shape index (κ3) is 3.95. The Labute approximate surface area is 161 Å². The molecule has 0 saturated heterocycles. The van der Waals surface area contributed by atoms with Gasteiger partial charge in [0, 0.05) is 16.3 Å². The molecule has 0 radical (unpaired) electrons. The van der Waals surface area contributed by atoms with Crippen LogP contribution in [0.2, 0.25) is 0 Å². The van der Waals surface area contributed by atoms with Gasteiger partial charge in [-0.1, -0.05) is 6.92 Å². The van der Waals surface area contributed by atoms with E-state index in [0.29, 0.717) is 27.9 Å². The molecular formula is C19H23N3O4S. The molecule has 0 bridgehead atoms. The summed E-state index contributed by atoms with van der Waals surface area (Å²) in [4.78, 5) is 41.9. The van der Waals surface area contributed by atoms with Crippen LogP contribution in [0.4, 0.5) is 5.00 Å². The maximum atomic E-state index is 12.6. The van der Waals surface area contributed by atoms with Gasteiger partial charge in [-0.15, -0.1) is 11.3 Å². The minimum Gasteiger partial charge on any atom is -0.465 e. The third-order valence-electron chi connectivity index (χ3n) is 4.80.